The number of ketones is 1. The van der Waals surface area contributed by atoms with Crippen LogP contribution in [0.25, 0.3) is 5.82 Å². The molecule has 0 saturated heterocycles. The molecule has 0 bridgehead atoms. The summed E-state index contributed by atoms with van der Waals surface area (Å²) in [4.78, 5) is 28.8. The molecule has 0 fully saturated rings. The van der Waals surface area contributed by atoms with Crippen molar-refractivity contribution in [3.63, 3.8) is 0 Å². The van der Waals surface area contributed by atoms with Crippen molar-refractivity contribution >= 4 is 11.8 Å². The Morgan fingerprint density at radius 2 is 1.81 bits per heavy atom. The van der Waals surface area contributed by atoms with Crippen LogP contribution in [0.5, 0.6) is 0 Å². The molecule has 1 aromatic carbocycles. The maximum Gasteiger partial charge on any atom is 0.340 e. The third kappa shape index (κ3) is 4.11. The van der Waals surface area contributed by atoms with Crippen LogP contribution in [-0.4, -0.2) is 33.1 Å². The molecule has 6 heteroatoms. The van der Waals surface area contributed by atoms with E-state index in [1.165, 1.54) is 6.20 Å². The number of aryl methyl sites for hydroxylation is 4. The molecule has 0 N–H and O–H groups in total. The largest absolute Gasteiger partial charge is 0.454 e. The maximum absolute atomic E-state index is 12.3. The van der Waals surface area contributed by atoms with Crippen molar-refractivity contribution in [1.82, 2.24) is 14.8 Å². The van der Waals surface area contributed by atoms with E-state index in [1.807, 2.05) is 45.9 Å². The molecule has 3 aromatic rings. The van der Waals surface area contributed by atoms with Gasteiger partial charge in [-0.2, -0.15) is 5.10 Å². The van der Waals surface area contributed by atoms with Crippen LogP contribution in [0.1, 0.15) is 43.2 Å². The summed E-state index contributed by atoms with van der Waals surface area (Å²) >= 11 is 0. The second-order valence-electron chi connectivity index (χ2n) is 6.56. The molecule has 0 unspecified atom stereocenters. The monoisotopic (exact) mass is 363 g/mol. The lowest BCUT2D eigenvalue weighted by molar-refractivity contribution is 0.0474. The average Bonchev–Trinajstić information content (AvgIpc) is 2.99. The molecular weight excluding hydrogens is 342 g/mol. The fourth-order valence-corrected chi connectivity index (χ4v) is 2.82. The SMILES string of the molecule is Cc1ccc(C)c(C(=O)COC(=O)c2ccc(-n3nc(C)cc3C)nc2)c1. The van der Waals surface area contributed by atoms with Crippen molar-refractivity contribution in [3.8, 4) is 5.82 Å². The first kappa shape index (κ1) is 18.5. The molecule has 138 valence electrons. The number of ether oxygens (including phenoxy) is 1. The summed E-state index contributed by atoms with van der Waals surface area (Å²) in [5, 5.41) is 4.36. The molecule has 6 nitrogen and oxygen atoms in total. The lowest BCUT2D eigenvalue weighted by Gasteiger charge is -2.08. The molecule has 0 aliphatic carbocycles. The smallest absolute Gasteiger partial charge is 0.340 e. The van der Waals surface area contributed by atoms with Crippen LogP contribution in [0, 0.1) is 27.7 Å². The number of hydrogen-bond acceptors (Lipinski definition) is 5. The first-order valence-corrected chi connectivity index (χ1v) is 8.62. The summed E-state index contributed by atoms with van der Waals surface area (Å²) < 4.78 is 6.86. The Hall–Kier alpha value is -3.28. The van der Waals surface area contributed by atoms with E-state index in [1.54, 1.807) is 22.9 Å². The number of nitrogens with zero attached hydrogens (tertiary/aromatic N) is 3. The molecule has 0 aliphatic rings. The van der Waals surface area contributed by atoms with Crippen LogP contribution in [0.2, 0.25) is 0 Å². The predicted octanol–water partition coefficient (Wildman–Crippen LogP) is 3.54. The Labute approximate surface area is 157 Å². The standard InChI is InChI=1S/C21H21N3O3/c1-13-5-6-14(2)18(9-13)19(25)12-27-21(26)17-7-8-20(22-11-17)24-16(4)10-15(3)23-24/h5-11H,12H2,1-4H3. The summed E-state index contributed by atoms with van der Waals surface area (Å²) in [5.41, 5.74) is 4.55. The molecule has 3 rings (SSSR count). The highest BCUT2D eigenvalue weighted by Crippen LogP contribution is 2.13. The fraction of sp³-hybridized carbons (Fsp3) is 0.238. The fourth-order valence-electron chi connectivity index (χ4n) is 2.82. The van der Waals surface area contributed by atoms with Crippen LogP contribution < -0.4 is 0 Å². The summed E-state index contributed by atoms with van der Waals surface area (Å²) in [5.74, 6) is -0.193. The summed E-state index contributed by atoms with van der Waals surface area (Å²) in [6.45, 7) is 7.31. The van der Waals surface area contributed by atoms with E-state index in [9.17, 15) is 9.59 Å². The minimum absolute atomic E-state index is 0.225. The van der Waals surface area contributed by atoms with Gasteiger partial charge in [-0.25, -0.2) is 14.5 Å². The van der Waals surface area contributed by atoms with Crippen molar-refractivity contribution in [3.05, 3.63) is 76.2 Å². The van der Waals surface area contributed by atoms with Gasteiger partial charge >= 0.3 is 5.97 Å². The van der Waals surface area contributed by atoms with Gasteiger partial charge in [-0.1, -0.05) is 17.7 Å². The second kappa shape index (κ2) is 7.53. The number of aromatic nitrogens is 3. The van der Waals surface area contributed by atoms with Gasteiger partial charge in [0, 0.05) is 17.5 Å². The maximum atomic E-state index is 12.3. The Bertz CT molecular complexity index is 1000. The number of carbonyl (C=O) groups excluding carboxylic acids is 2. The van der Waals surface area contributed by atoms with Gasteiger partial charge in [0.05, 0.1) is 11.3 Å². The second-order valence-corrected chi connectivity index (χ2v) is 6.56. The first-order chi connectivity index (χ1) is 12.8. The Kier molecular flexibility index (Phi) is 5.16. The number of Topliss-reactive ketones (excluding diaryl/α,β-unsaturated/α-hetero) is 1. The first-order valence-electron chi connectivity index (χ1n) is 8.62. The van der Waals surface area contributed by atoms with Crippen LogP contribution in [0.15, 0.2) is 42.6 Å². The zero-order chi connectivity index (χ0) is 19.6. The quantitative estimate of drug-likeness (QED) is 0.512. The van der Waals surface area contributed by atoms with E-state index in [0.717, 1.165) is 22.5 Å². The minimum Gasteiger partial charge on any atom is -0.454 e. The summed E-state index contributed by atoms with van der Waals surface area (Å²) in [7, 11) is 0. The topological polar surface area (TPSA) is 74.1 Å². The van der Waals surface area contributed by atoms with Crippen molar-refractivity contribution in [2.45, 2.75) is 27.7 Å². The van der Waals surface area contributed by atoms with Crippen LogP contribution >= 0.6 is 0 Å². The summed E-state index contributed by atoms with van der Waals surface area (Å²) in [6, 6.07) is 10.9. The number of esters is 1. The zero-order valence-electron chi connectivity index (χ0n) is 15.8. The highest BCUT2D eigenvalue weighted by Gasteiger charge is 2.15. The Morgan fingerprint density at radius 1 is 1.04 bits per heavy atom. The van der Waals surface area contributed by atoms with Crippen LogP contribution in [0.3, 0.4) is 0 Å². The van der Waals surface area contributed by atoms with Gasteiger partial charge in [0.25, 0.3) is 0 Å². The van der Waals surface area contributed by atoms with Gasteiger partial charge in [-0.05, 0) is 57.5 Å². The molecule has 2 aromatic heterocycles. The van der Waals surface area contributed by atoms with E-state index in [2.05, 4.69) is 10.1 Å². The van der Waals surface area contributed by atoms with Gasteiger partial charge in [-0.15, -0.1) is 0 Å². The molecular formula is C21H21N3O3. The zero-order valence-corrected chi connectivity index (χ0v) is 15.8. The molecule has 2 heterocycles. The Morgan fingerprint density at radius 3 is 2.44 bits per heavy atom. The van der Waals surface area contributed by atoms with Crippen molar-refractivity contribution in [2.24, 2.45) is 0 Å². The number of rotatable bonds is 5. The van der Waals surface area contributed by atoms with Crippen molar-refractivity contribution < 1.29 is 14.3 Å². The van der Waals surface area contributed by atoms with E-state index < -0.39 is 5.97 Å². The Balaban J connectivity index is 1.67. The van der Waals surface area contributed by atoms with Gasteiger partial charge in [0.15, 0.2) is 12.4 Å². The predicted molar refractivity (Wildman–Crippen MR) is 101 cm³/mol. The molecule has 0 atom stereocenters. The molecule has 0 radical (unpaired) electrons. The van der Waals surface area contributed by atoms with Crippen LogP contribution in [-0.2, 0) is 4.74 Å². The van der Waals surface area contributed by atoms with Crippen LogP contribution in [0.4, 0.5) is 0 Å². The molecule has 0 spiro atoms. The van der Waals surface area contributed by atoms with Gasteiger partial charge < -0.3 is 4.74 Å². The third-order valence-electron chi connectivity index (χ3n) is 4.24. The lowest BCUT2D eigenvalue weighted by Crippen LogP contribution is -2.15. The van der Waals surface area contributed by atoms with E-state index in [-0.39, 0.29) is 18.0 Å². The molecule has 27 heavy (non-hydrogen) atoms. The third-order valence-corrected chi connectivity index (χ3v) is 4.24. The van der Waals surface area contributed by atoms with Crippen molar-refractivity contribution in [2.75, 3.05) is 6.61 Å². The van der Waals surface area contributed by atoms with Crippen molar-refractivity contribution in [1.29, 1.82) is 0 Å². The number of hydrogen-bond donors (Lipinski definition) is 0. The highest BCUT2D eigenvalue weighted by atomic mass is 16.5. The lowest BCUT2D eigenvalue weighted by atomic mass is 10.0. The number of carbonyl (C=O) groups is 2. The molecule has 0 amide bonds. The molecule has 0 aliphatic heterocycles. The number of pyridine rings is 1. The minimum atomic E-state index is -0.582. The number of benzene rings is 1. The van der Waals surface area contributed by atoms with E-state index >= 15 is 0 Å². The average molecular weight is 363 g/mol. The van der Waals surface area contributed by atoms with Gasteiger partial charge in [0.1, 0.15) is 0 Å². The highest BCUT2D eigenvalue weighted by molar-refractivity contribution is 6.00. The van der Waals surface area contributed by atoms with Gasteiger partial charge in [0.2, 0.25) is 5.78 Å². The molecule has 0 saturated carbocycles. The normalized spacial score (nSPS) is 10.7. The van der Waals surface area contributed by atoms with E-state index in [0.29, 0.717) is 11.4 Å². The van der Waals surface area contributed by atoms with Gasteiger partial charge in [-0.3, -0.25) is 4.79 Å². The van der Waals surface area contributed by atoms with E-state index in [4.69, 9.17) is 4.74 Å². The summed E-state index contributed by atoms with van der Waals surface area (Å²) in [6.07, 6.45) is 1.43.